The number of hydrogen-bond donors (Lipinski definition) is 1. The molecule has 4 nitrogen and oxygen atoms in total. The molecule has 0 spiro atoms. The average Bonchev–Trinajstić information content (AvgIpc) is 2.54. The first-order valence-electron chi connectivity index (χ1n) is 6.91. The van der Waals surface area contributed by atoms with E-state index in [0.717, 1.165) is 23.6 Å². The highest BCUT2D eigenvalue weighted by Crippen LogP contribution is 2.17. The number of nitrogens with one attached hydrogen (secondary N) is 1. The lowest BCUT2D eigenvalue weighted by Gasteiger charge is -2.08. The molecule has 0 aromatic heterocycles. The summed E-state index contributed by atoms with van der Waals surface area (Å²) in [6.45, 7) is 2.75. The van der Waals surface area contributed by atoms with Crippen LogP contribution in [0.25, 0.3) is 0 Å². The summed E-state index contributed by atoms with van der Waals surface area (Å²) in [7, 11) is 1.59. The fourth-order valence-corrected chi connectivity index (χ4v) is 1.80. The smallest absolute Gasteiger partial charge is 0.255 e. The van der Waals surface area contributed by atoms with E-state index in [2.05, 4.69) is 12.2 Å². The second-order valence-corrected chi connectivity index (χ2v) is 4.56. The van der Waals surface area contributed by atoms with Gasteiger partial charge in [0.2, 0.25) is 0 Å². The Morgan fingerprint density at radius 2 is 1.62 bits per heavy atom. The van der Waals surface area contributed by atoms with Gasteiger partial charge < -0.3 is 14.8 Å². The summed E-state index contributed by atoms with van der Waals surface area (Å²) in [6, 6.07) is 14.3. The van der Waals surface area contributed by atoms with Crippen LogP contribution in [-0.4, -0.2) is 19.6 Å². The summed E-state index contributed by atoms with van der Waals surface area (Å²) in [5, 5.41) is 2.84. The van der Waals surface area contributed by atoms with Crippen molar-refractivity contribution < 1.29 is 14.3 Å². The monoisotopic (exact) mass is 285 g/mol. The van der Waals surface area contributed by atoms with Gasteiger partial charge in [-0.3, -0.25) is 4.79 Å². The van der Waals surface area contributed by atoms with Crippen LogP contribution >= 0.6 is 0 Å². The van der Waals surface area contributed by atoms with Crippen LogP contribution in [0.1, 0.15) is 23.7 Å². The molecule has 4 heteroatoms. The van der Waals surface area contributed by atoms with Gasteiger partial charge in [-0.25, -0.2) is 0 Å². The van der Waals surface area contributed by atoms with Crippen LogP contribution in [0.3, 0.4) is 0 Å². The fourth-order valence-electron chi connectivity index (χ4n) is 1.80. The summed E-state index contributed by atoms with van der Waals surface area (Å²) in [5.41, 5.74) is 1.32. The van der Waals surface area contributed by atoms with Crippen molar-refractivity contribution in [2.24, 2.45) is 0 Å². The predicted molar refractivity (Wildman–Crippen MR) is 83.2 cm³/mol. The van der Waals surface area contributed by atoms with E-state index in [-0.39, 0.29) is 5.91 Å². The minimum atomic E-state index is -0.153. The van der Waals surface area contributed by atoms with Crippen LogP contribution in [0.15, 0.2) is 48.5 Å². The first kappa shape index (κ1) is 14.9. The number of hydrogen-bond acceptors (Lipinski definition) is 3. The number of carbonyl (C=O) groups excluding carboxylic acids is 1. The van der Waals surface area contributed by atoms with Crippen LogP contribution in [0.4, 0.5) is 5.69 Å². The lowest BCUT2D eigenvalue weighted by Crippen LogP contribution is -2.11. The Kier molecular flexibility index (Phi) is 5.21. The quantitative estimate of drug-likeness (QED) is 0.879. The summed E-state index contributed by atoms with van der Waals surface area (Å²) in [4.78, 5) is 12.1. The van der Waals surface area contributed by atoms with Crippen molar-refractivity contribution in [2.45, 2.75) is 13.3 Å². The molecule has 2 aromatic rings. The molecule has 110 valence electrons. The third kappa shape index (κ3) is 4.24. The van der Waals surface area contributed by atoms with Gasteiger partial charge in [0.05, 0.1) is 13.7 Å². The number of carbonyl (C=O) groups is 1. The van der Waals surface area contributed by atoms with Crippen molar-refractivity contribution in [3.63, 3.8) is 0 Å². The van der Waals surface area contributed by atoms with Crippen molar-refractivity contribution >= 4 is 11.6 Å². The first-order valence-corrected chi connectivity index (χ1v) is 6.91. The van der Waals surface area contributed by atoms with Gasteiger partial charge in [-0.05, 0) is 55.0 Å². The maximum absolute atomic E-state index is 12.1. The van der Waals surface area contributed by atoms with E-state index in [1.54, 1.807) is 31.4 Å². The number of amides is 1. The molecular weight excluding hydrogens is 266 g/mol. The number of benzene rings is 2. The number of anilines is 1. The Bertz CT molecular complexity index is 576. The molecule has 0 heterocycles. The van der Waals surface area contributed by atoms with Crippen LogP contribution < -0.4 is 14.8 Å². The van der Waals surface area contributed by atoms with Crippen LogP contribution in [0.2, 0.25) is 0 Å². The van der Waals surface area contributed by atoms with Crippen molar-refractivity contribution in [2.75, 3.05) is 19.0 Å². The topological polar surface area (TPSA) is 47.6 Å². The van der Waals surface area contributed by atoms with Gasteiger partial charge in [0.1, 0.15) is 11.5 Å². The van der Waals surface area contributed by atoms with Crippen molar-refractivity contribution in [1.82, 2.24) is 0 Å². The zero-order chi connectivity index (χ0) is 15.1. The van der Waals surface area contributed by atoms with E-state index in [0.29, 0.717) is 12.2 Å². The van der Waals surface area contributed by atoms with Crippen molar-refractivity contribution in [3.05, 3.63) is 54.1 Å². The minimum absolute atomic E-state index is 0.153. The normalized spacial score (nSPS) is 10.0. The molecule has 0 aliphatic heterocycles. The fraction of sp³-hybridized carbons (Fsp3) is 0.235. The van der Waals surface area contributed by atoms with Gasteiger partial charge in [-0.2, -0.15) is 0 Å². The Hall–Kier alpha value is -2.49. The molecule has 21 heavy (non-hydrogen) atoms. The average molecular weight is 285 g/mol. The van der Waals surface area contributed by atoms with Gasteiger partial charge in [0.15, 0.2) is 0 Å². The van der Waals surface area contributed by atoms with Crippen LogP contribution in [0.5, 0.6) is 11.5 Å². The predicted octanol–water partition coefficient (Wildman–Crippen LogP) is 3.74. The lowest BCUT2D eigenvalue weighted by molar-refractivity contribution is 0.102. The highest BCUT2D eigenvalue weighted by atomic mass is 16.5. The van der Waals surface area contributed by atoms with Crippen LogP contribution in [-0.2, 0) is 0 Å². The van der Waals surface area contributed by atoms with Gasteiger partial charge in [0.25, 0.3) is 5.91 Å². The maximum Gasteiger partial charge on any atom is 0.255 e. The zero-order valence-electron chi connectivity index (χ0n) is 12.3. The highest BCUT2D eigenvalue weighted by Gasteiger charge is 2.06. The number of ether oxygens (including phenoxy) is 2. The van der Waals surface area contributed by atoms with E-state index < -0.39 is 0 Å². The highest BCUT2D eigenvalue weighted by molar-refractivity contribution is 6.04. The van der Waals surface area contributed by atoms with Gasteiger partial charge in [0, 0.05) is 11.3 Å². The van der Waals surface area contributed by atoms with Crippen molar-refractivity contribution in [1.29, 1.82) is 0 Å². The molecule has 2 aromatic carbocycles. The molecular formula is C17H19NO3. The van der Waals surface area contributed by atoms with E-state index >= 15 is 0 Å². The molecule has 0 aliphatic rings. The first-order chi connectivity index (χ1) is 10.2. The maximum atomic E-state index is 12.1. The Labute approximate surface area is 124 Å². The molecule has 0 radical (unpaired) electrons. The number of methoxy groups -OCH3 is 1. The summed E-state index contributed by atoms with van der Waals surface area (Å²) < 4.78 is 10.6. The minimum Gasteiger partial charge on any atom is -0.497 e. The van der Waals surface area contributed by atoms with Crippen LogP contribution in [0, 0.1) is 0 Å². The lowest BCUT2D eigenvalue weighted by atomic mass is 10.2. The van der Waals surface area contributed by atoms with Gasteiger partial charge in [-0.15, -0.1) is 0 Å². The Balaban J connectivity index is 1.98. The molecule has 0 aliphatic carbocycles. The SMILES string of the molecule is CCCOc1ccc(NC(=O)c2ccc(OC)cc2)cc1. The molecule has 0 bridgehead atoms. The third-order valence-corrected chi connectivity index (χ3v) is 2.94. The van der Waals surface area contributed by atoms with E-state index in [1.165, 1.54) is 0 Å². The summed E-state index contributed by atoms with van der Waals surface area (Å²) in [6.07, 6.45) is 0.968. The second-order valence-electron chi connectivity index (χ2n) is 4.56. The Morgan fingerprint density at radius 3 is 2.19 bits per heavy atom. The molecule has 0 saturated carbocycles. The standard InChI is InChI=1S/C17H19NO3/c1-3-12-21-16-10-6-14(7-11-16)18-17(19)13-4-8-15(20-2)9-5-13/h4-11H,3,12H2,1-2H3,(H,18,19). The van der Waals surface area contributed by atoms with Gasteiger partial charge in [-0.1, -0.05) is 6.92 Å². The molecule has 0 fully saturated rings. The number of rotatable bonds is 6. The molecule has 2 rings (SSSR count). The van der Waals surface area contributed by atoms with E-state index in [9.17, 15) is 4.79 Å². The van der Waals surface area contributed by atoms with Crippen molar-refractivity contribution in [3.8, 4) is 11.5 Å². The van der Waals surface area contributed by atoms with E-state index in [1.807, 2.05) is 24.3 Å². The molecule has 0 unspecified atom stereocenters. The summed E-state index contributed by atoms with van der Waals surface area (Å²) in [5.74, 6) is 1.38. The largest absolute Gasteiger partial charge is 0.497 e. The zero-order valence-corrected chi connectivity index (χ0v) is 12.3. The third-order valence-electron chi connectivity index (χ3n) is 2.94. The molecule has 1 amide bonds. The molecule has 1 N–H and O–H groups in total. The Morgan fingerprint density at radius 1 is 1.00 bits per heavy atom. The van der Waals surface area contributed by atoms with E-state index in [4.69, 9.17) is 9.47 Å². The second kappa shape index (κ2) is 7.33. The summed E-state index contributed by atoms with van der Waals surface area (Å²) >= 11 is 0. The molecule has 0 saturated heterocycles. The molecule has 0 atom stereocenters. The van der Waals surface area contributed by atoms with Gasteiger partial charge >= 0.3 is 0 Å².